The van der Waals surface area contributed by atoms with Crippen LogP contribution in [0, 0.1) is 0 Å². The van der Waals surface area contributed by atoms with Crippen LogP contribution in [0.1, 0.15) is 63.0 Å². The minimum Gasteiger partial charge on any atom is -0.273 e. The van der Waals surface area contributed by atoms with E-state index in [0.717, 1.165) is 37.1 Å². The fourth-order valence-corrected chi connectivity index (χ4v) is 3.65. The van der Waals surface area contributed by atoms with Gasteiger partial charge in [0.15, 0.2) is 0 Å². The molecule has 1 aliphatic heterocycles. The van der Waals surface area contributed by atoms with Crippen molar-refractivity contribution in [1.82, 2.24) is 5.43 Å². The first-order valence-corrected chi connectivity index (χ1v) is 10.0. The lowest BCUT2D eigenvalue weighted by Gasteiger charge is -2.27. The van der Waals surface area contributed by atoms with Crippen molar-refractivity contribution in [2.45, 2.75) is 64.7 Å². The van der Waals surface area contributed by atoms with Gasteiger partial charge in [-0.3, -0.25) is 15.2 Å². The summed E-state index contributed by atoms with van der Waals surface area (Å²) >= 11 is 0. The standard InChI is InChI=1S/C23H30N2O/c1-2-3-4-5-6-7-16-23(26)24-25-21-14-10-8-12-19(21)17-18-20-13-9-11-15-22(20)25/h8-15H,2-7,16-18H2,1H3,(H,24,26). The van der Waals surface area contributed by atoms with Crippen LogP contribution in [0.4, 0.5) is 11.4 Å². The molecule has 0 aromatic heterocycles. The fraction of sp³-hybridized carbons (Fsp3) is 0.435. The van der Waals surface area contributed by atoms with Crippen LogP contribution >= 0.6 is 0 Å². The maximum atomic E-state index is 12.6. The first-order valence-electron chi connectivity index (χ1n) is 10.0. The highest BCUT2D eigenvalue weighted by Gasteiger charge is 2.21. The second-order valence-electron chi connectivity index (χ2n) is 7.15. The molecule has 1 N–H and O–H groups in total. The number of anilines is 2. The molecule has 1 aliphatic rings. The Bertz CT molecular complexity index is 678. The molecule has 26 heavy (non-hydrogen) atoms. The summed E-state index contributed by atoms with van der Waals surface area (Å²) in [6.45, 7) is 2.23. The summed E-state index contributed by atoms with van der Waals surface area (Å²) < 4.78 is 0. The van der Waals surface area contributed by atoms with Crippen LogP contribution in [-0.4, -0.2) is 5.91 Å². The molecule has 0 bridgehead atoms. The van der Waals surface area contributed by atoms with E-state index in [0.29, 0.717) is 6.42 Å². The predicted molar refractivity (Wildman–Crippen MR) is 109 cm³/mol. The van der Waals surface area contributed by atoms with Gasteiger partial charge in [-0.15, -0.1) is 0 Å². The Labute approximate surface area is 157 Å². The van der Waals surface area contributed by atoms with Crippen molar-refractivity contribution in [1.29, 1.82) is 0 Å². The Kier molecular flexibility index (Phi) is 6.70. The van der Waals surface area contributed by atoms with Crippen molar-refractivity contribution in [3.05, 3.63) is 59.7 Å². The topological polar surface area (TPSA) is 32.3 Å². The zero-order chi connectivity index (χ0) is 18.2. The molecule has 0 aliphatic carbocycles. The molecule has 0 radical (unpaired) electrons. The van der Waals surface area contributed by atoms with Gasteiger partial charge in [0.1, 0.15) is 0 Å². The molecule has 1 heterocycles. The van der Waals surface area contributed by atoms with E-state index in [1.54, 1.807) is 0 Å². The molecule has 3 heteroatoms. The molecule has 0 saturated heterocycles. The summed E-state index contributed by atoms with van der Waals surface area (Å²) in [7, 11) is 0. The smallest absolute Gasteiger partial charge is 0.238 e. The number of nitrogens with one attached hydrogen (secondary N) is 1. The molecule has 0 saturated carbocycles. The largest absolute Gasteiger partial charge is 0.273 e. The molecule has 138 valence electrons. The maximum Gasteiger partial charge on any atom is 0.238 e. The Balaban J connectivity index is 1.67. The zero-order valence-corrected chi connectivity index (χ0v) is 15.8. The number of aryl methyl sites for hydroxylation is 2. The zero-order valence-electron chi connectivity index (χ0n) is 15.8. The number of hydrazine groups is 1. The lowest BCUT2D eigenvalue weighted by molar-refractivity contribution is -0.121. The van der Waals surface area contributed by atoms with Gasteiger partial charge >= 0.3 is 0 Å². The van der Waals surface area contributed by atoms with Gasteiger partial charge in [0.25, 0.3) is 0 Å². The van der Waals surface area contributed by atoms with E-state index in [2.05, 4.69) is 48.7 Å². The lowest BCUT2D eigenvalue weighted by atomic mass is 10.0. The molecule has 3 rings (SSSR count). The number of benzene rings is 2. The molecule has 0 unspecified atom stereocenters. The number of para-hydroxylation sites is 2. The predicted octanol–water partition coefficient (Wildman–Crippen LogP) is 5.71. The maximum absolute atomic E-state index is 12.6. The second-order valence-corrected chi connectivity index (χ2v) is 7.15. The van der Waals surface area contributed by atoms with Crippen LogP contribution in [-0.2, 0) is 17.6 Å². The van der Waals surface area contributed by atoms with Crippen LogP contribution in [0.3, 0.4) is 0 Å². The first-order chi connectivity index (χ1) is 12.8. The fourth-order valence-electron chi connectivity index (χ4n) is 3.65. The minimum atomic E-state index is 0.104. The third kappa shape index (κ3) is 4.66. The van der Waals surface area contributed by atoms with Crippen molar-refractivity contribution in [3.8, 4) is 0 Å². The van der Waals surface area contributed by atoms with Crippen LogP contribution in [0.25, 0.3) is 0 Å². The van der Waals surface area contributed by atoms with Gasteiger partial charge in [-0.05, 0) is 42.5 Å². The Morgan fingerprint density at radius 1 is 0.846 bits per heavy atom. The molecule has 0 spiro atoms. The van der Waals surface area contributed by atoms with E-state index in [9.17, 15) is 4.79 Å². The minimum absolute atomic E-state index is 0.104. The normalized spacial score (nSPS) is 12.9. The van der Waals surface area contributed by atoms with Crippen molar-refractivity contribution in [3.63, 3.8) is 0 Å². The molecule has 3 nitrogen and oxygen atoms in total. The van der Waals surface area contributed by atoms with E-state index in [-0.39, 0.29) is 5.91 Å². The van der Waals surface area contributed by atoms with Gasteiger partial charge in [-0.1, -0.05) is 75.4 Å². The first kappa shape index (κ1) is 18.5. The number of rotatable bonds is 8. The van der Waals surface area contributed by atoms with Gasteiger partial charge in [-0.25, -0.2) is 0 Å². The summed E-state index contributed by atoms with van der Waals surface area (Å²) in [5, 5.41) is 2.00. The highest BCUT2D eigenvalue weighted by Crippen LogP contribution is 2.34. The second kappa shape index (κ2) is 9.42. The van der Waals surface area contributed by atoms with Crippen molar-refractivity contribution in [2.24, 2.45) is 0 Å². The summed E-state index contributed by atoms with van der Waals surface area (Å²) in [6.07, 6.45) is 9.76. The van der Waals surface area contributed by atoms with Crippen LogP contribution in [0.2, 0.25) is 0 Å². The van der Waals surface area contributed by atoms with E-state index in [1.165, 1.54) is 36.8 Å². The molecule has 2 aromatic carbocycles. The average Bonchev–Trinajstić information content (AvgIpc) is 2.82. The van der Waals surface area contributed by atoms with Gasteiger partial charge in [-0.2, -0.15) is 0 Å². The number of unbranched alkanes of at least 4 members (excludes halogenated alkanes) is 5. The molecule has 2 aromatic rings. The van der Waals surface area contributed by atoms with E-state index < -0.39 is 0 Å². The SMILES string of the molecule is CCCCCCCCC(=O)NN1c2ccccc2CCc2ccccc21. The van der Waals surface area contributed by atoms with Crippen LogP contribution in [0.15, 0.2) is 48.5 Å². The Morgan fingerprint density at radius 2 is 1.38 bits per heavy atom. The average molecular weight is 351 g/mol. The third-order valence-electron chi connectivity index (χ3n) is 5.12. The Hall–Kier alpha value is -2.29. The lowest BCUT2D eigenvalue weighted by Crippen LogP contribution is -2.39. The quantitative estimate of drug-likeness (QED) is 0.619. The summed E-state index contributed by atoms with van der Waals surface area (Å²) in [6, 6.07) is 16.8. The van der Waals surface area contributed by atoms with E-state index in [4.69, 9.17) is 0 Å². The van der Waals surface area contributed by atoms with Gasteiger partial charge in [0.2, 0.25) is 5.91 Å². The molecular weight excluding hydrogens is 320 g/mol. The third-order valence-corrected chi connectivity index (χ3v) is 5.12. The highest BCUT2D eigenvalue weighted by atomic mass is 16.2. The number of carbonyl (C=O) groups is 1. The monoisotopic (exact) mass is 350 g/mol. The molecular formula is C23H30N2O. The number of carbonyl (C=O) groups excluding carboxylic acids is 1. The Morgan fingerprint density at radius 3 is 2.00 bits per heavy atom. The number of hydrogen-bond acceptors (Lipinski definition) is 2. The van der Waals surface area contributed by atoms with Crippen molar-refractivity contribution < 1.29 is 4.79 Å². The number of hydrogen-bond donors (Lipinski definition) is 1. The summed E-state index contributed by atoms with van der Waals surface area (Å²) in [4.78, 5) is 12.6. The van der Waals surface area contributed by atoms with Gasteiger partial charge < -0.3 is 0 Å². The number of nitrogens with zero attached hydrogens (tertiary/aromatic N) is 1. The number of fused-ring (bicyclic) bond motifs is 2. The number of amides is 1. The molecule has 0 atom stereocenters. The summed E-state index contributed by atoms with van der Waals surface area (Å²) in [5.74, 6) is 0.104. The molecule has 0 fully saturated rings. The molecule has 1 amide bonds. The highest BCUT2D eigenvalue weighted by molar-refractivity contribution is 5.82. The van der Waals surface area contributed by atoms with Gasteiger partial charge in [0, 0.05) is 6.42 Å². The summed E-state index contributed by atoms with van der Waals surface area (Å²) in [5.41, 5.74) is 7.91. The van der Waals surface area contributed by atoms with Crippen molar-refractivity contribution in [2.75, 3.05) is 5.01 Å². The van der Waals surface area contributed by atoms with Crippen LogP contribution < -0.4 is 10.4 Å². The van der Waals surface area contributed by atoms with Crippen LogP contribution in [0.5, 0.6) is 0 Å². The van der Waals surface area contributed by atoms with E-state index in [1.807, 2.05) is 17.1 Å². The van der Waals surface area contributed by atoms with Gasteiger partial charge in [0.05, 0.1) is 11.4 Å². The van der Waals surface area contributed by atoms with E-state index >= 15 is 0 Å². The van der Waals surface area contributed by atoms with Crippen molar-refractivity contribution >= 4 is 17.3 Å².